The van der Waals surface area contributed by atoms with Gasteiger partial charge in [-0.25, -0.2) is 4.98 Å². The molecule has 1 aliphatic rings. The SMILES string of the molecule is O=C(Nc1ccc(N2CCOCC2)nc1)c1ccc(C(=O)c2ccccc2)cc1. The van der Waals surface area contributed by atoms with Crippen molar-refractivity contribution in [2.45, 2.75) is 0 Å². The van der Waals surface area contributed by atoms with Crippen LogP contribution < -0.4 is 10.2 Å². The number of hydrogen-bond acceptors (Lipinski definition) is 5. The highest BCUT2D eigenvalue weighted by molar-refractivity contribution is 6.10. The van der Waals surface area contributed by atoms with Gasteiger partial charge in [0.25, 0.3) is 5.91 Å². The molecule has 29 heavy (non-hydrogen) atoms. The Morgan fingerprint density at radius 3 is 2.14 bits per heavy atom. The zero-order valence-electron chi connectivity index (χ0n) is 15.9. The Balaban J connectivity index is 1.40. The molecular weight excluding hydrogens is 366 g/mol. The standard InChI is InChI=1S/C23H21N3O3/c27-22(17-4-2-1-3-5-17)18-6-8-19(9-7-18)23(28)25-20-10-11-21(24-16-20)26-12-14-29-15-13-26/h1-11,16H,12-15H2,(H,25,28). The molecule has 1 N–H and O–H groups in total. The highest BCUT2D eigenvalue weighted by Crippen LogP contribution is 2.17. The van der Waals surface area contributed by atoms with Gasteiger partial charge in [0.15, 0.2) is 5.78 Å². The van der Waals surface area contributed by atoms with Crippen LogP contribution in [0.1, 0.15) is 26.3 Å². The smallest absolute Gasteiger partial charge is 0.255 e. The maximum atomic E-state index is 12.5. The van der Waals surface area contributed by atoms with Crippen molar-refractivity contribution < 1.29 is 14.3 Å². The van der Waals surface area contributed by atoms with Gasteiger partial charge in [0, 0.05) is 29.8 Å². The first-order valence-electron chi connectivity index (χ1n) is 9.50. The van der Waals surface area contributed by atoms with Gasteiger partial charge >= 0.3 is 0 Å². The number of carbonyl (C=O) groups is 2. The molecule has 3 aromatic rings. The minimum Gasteiger partial charge on any atom is -0.378 e. The topological polar surface area (TPSA) is 71.5 Å². The molecule has 0 aliphatic carbocycles. The van der Waals surface area contributed by atoms with Gasteiger partial charge in [-0.15, -0.1) is 0 Å². The number of hydrogen-bond donors (Lipinski definition) is 1. The van der Waals surface area contributed by atoms with Crippen LogP contribution in [-0.2, 0) is 4.74 Å². The van der Waals surface area contributed by atoms with Crippen LogP contribution in [0.25, 0.3) is 0 Å². The Kier molecular flexibility index (Phi) is 5.63. The van der Waals surface area contributed by atoms with E-state index in [1.807, 2.05) is 30.3 Å². The molecule has 0 radical (unpaired) electrons. The average Bonchev–Trinajstić information content (AvgIpc) is 2.80. The van der Waals surface area contributed by atoms with E-state index in [0.29, 0.717) is 35.6 Å². The van der Waals surface area contributed by atoms with Crippen molar-refractivity contribution >= 4 is 23.2 Å². The molecule has 4 rings (SSSR count). The summed E-state index contributed by atoms with van der Waals surface area (Å²) in [6.07, 6.45) is 1.65. The third-order valence-corrected chi connectivity index (χ3v) is 4.79. The van der Waals surface area contributed by atoms with Gasteiger partial charge in [-0.2, -0.15) is 0 Å². The van der Waals surface area contributed by atoms with Crippen molar-refractivity contribution in [1.29, 1.82) is 0 Å². The molecule has 0 unspecified atom stereocenters. The lowest BCUT2D eigenvalue weighted by molar-refractivity contribution is 0.102. The number of pyridine rings is 1. The summed E-state index contributed by atoms with van der Waals surface area (Å²) in [5, 5.41) is 2.84. The summed E-state index contributed by atoms with van der Waals surface area (Å²) in [7, 11) is 0. The number of nitrogens with one attached hydrogen (secondary N) is 1. The molecule has 0 spiro atoms. The largest absolute Gasteiger partial charge is 0.378 e. The number of aromatic nitrogens is 1. The summed E-state index contributed by atoms with van der Waals surface area (Å²) in [6.45, 7) is 3.02. The Labute approximate surface area is 169 Å². The first-order valence-corrected chi connectivity index (χ1v) is 9.50. The molecule has 146 valence electrons. The lowest BCUT2D eigenvalue weighted by Gasteiger charge is -2.27. The lowest BCUT2D eigenvalue weighted by atomic mass is 10.0. The predicted molar refractivity (Wildman–Crippen MR) is 112 cm³/mol. The Morgan fingerprint density at radius 1 is 0.828 bits per heavy atom. The van der Waals surface area contributed by atoms with Crippen LogP contribution in [0.3, 0.4) is 0 Å². The van der Waals surface area contributed by atoms with Gasteiger partial charge in [0.2, 0.25) is 0 Å². The second-order valence-corrected chi connectivity index (χ2v) is 6.73. The number of nitrogens with zero attached hydrogens (tertiary/aromatic N) is 2. The van der Waals surface area contributed by atoms with Crippen LogP contribution >= 0.6 is 0 Å². The minimum absolute atomic E-state index is 0.0690. The second-order valence-electron chi connectivity index (χ2n) is 6.73. The van der Waals surface area contributed by atoms with Crippen LogP contribution in [0, 0.1) is 0 Å². The number of morpholine rings is 1. The summed E-state index contributed by atoms with van der Waals surface area (Å²) in [5.74, 6) is 0.556. The monoisotopic (exact) mass is 387 g/mol. The molecule has 0 atom stereocenters. The molecular formula is C23H21N3O3. The van der Waals surface area contributed by atoms with E-state index in [4.69, 9.17) is 4.74 Å². The molecule has 6 nitrogen and oxygen atoms in total. The number of benzene rings is 2. The summed E-state index contributed by atoms with van der Waals surface area (Å²) < 4.78 is 5.35. The number of ketones is 1. The third-order valence-electron chi connectivity index (χ3n) is 4.79. The number of anilines is 2. The number of amides is 1. The average molecular weight is 387 g/mol. The van der Waals surface area contributed by atoms with Gasteiger partial charge in [-0.1, -0.05) is 42.5 Å². The summed E-state index contributed by atoms with van der Waals surface area (Å²) in [5.41, 5.74) is 2.27. The number of rotatable bonds is 5. The summed E-state index contributed by atoms with van der Waals surface area (Å²) in [6, 6.07) is 19.4. The summed E-state index contributed by atoms with van der Waals surface area (Å²) >= 11 is 0. The maximum Gasteiger partial charge on any atom is 0.255 e. The van der Waals surface area contributed by atoms with Crippen LogP contribution in [0.15, 0.2) is 72.9 Å². The molecule has 0 saturated carbocycles. The normalized spacial score (nSPS) is 13.7. The van der Waals surface area contributed by atoms with Crippen LogP contribution in [0.4, 0.5) is 11.5 Å². The van der Waals surface area contributed by atoms with E-state index >= 15 is 0 Å². The van der Waals surface area contributed by atoms with Crippen molar-refractivity contribution in [3.63, 3.8) is 0 Å². The molecule has 1 aromatic heterocycles. The molecule has 6 heteroatoms. The quantitative estimate of drug-likeness (QED) is 0.680. The highest BCUT2D eigenvalue weighted by Gasteiger charge is 2.13. The van der Waals surface area contributed by atoms with Gasteiger partial charge in [-0.3, -0.25) is 9.59 Å². The first-order chi connectivity index (χ1) is 14.2. The Bertz CT molecular complexity index is 980. The summed E-state index contributed by atoms with van der Waals surface area (Å²) in [4.78, 5) is 31.5. The molecule has 1 saturated heterocycles. The van der Waals surface area contributed by atoms with Crippen molar-refractivity contribution in [3.05, 3.63) is 89.6 Å². The molecule has 1 fully saturated rings. The lowest BCUT2D eigenvalue weighted by Crippen LogP contribution is -2.36. The maximum absolute atomic E-state index is 12.5. The van der Waals surface area contributed by atoms with E-state index in [-0.39, 0.29) is 11.7 Å². The van der Waals surface area contributed by atoms with Crippen LogP contribution in [0.5, 0.6) is 0 Å². The number of ether oxygens (including phenoxy) is 1. The minimum atomic E-state index is -0.246. The van der Waals surface area contributed by atoms with Crippen molar-refractivity contribution in [1.82, 2.24) is 4.98 Å². The number of carbonyl (C=O) groups excluding carboxylic acids is 2. The van der Waals surface area contributed by atoms with E-state index in [9.17, 15) is 9.59 Å². The molecule has 0 bridgehead atoms. The third kappa shape index (κ3) is 4.50. The molecule has 2 heterocycles. The van der Waals surface area contributed by atoms with Crippen molar-refractivity contribution in [2.24, 2.45) is 0 Å². The molecule has 2 aromatic carbocycles. The van der Waals surface area contributed by atoms with E-state index in [1.54, 1.807) is 42.6 Å². The van der Waals surface area contributed by atoms with E-state index in [1.165, 1.54) is 0 Å². The first kappa shape index (κ1) is 18.8. The Morgan fingerprint density at radius 2 is 1.48 bits per heavy atom. The van der Waals surface area contributed by atoms with Crippen LogP contribution in [0.2, 0.25) is 0 Å². The van der Waals surface area contributed by atoms with Gasteiger partial charge < -0.3 is 15.0 Å². The fraction of sp³-hybridized carbons (Fsp3) is 0.174. The highest BCUT2D eigenvalue weighted by atomic mass is 16.5. The Hall–Kier alpha value is -3.51. The van der Waals surface area contributed by atoms with E-state index < -0.39 is 0 Å². The fourth-order valence-corrected chi connectivity index (χ4v) is 3.17. The molecule has 1 aliphatic heterocycles. The zero-order chi connectivity index (χ0) is 20.1. The predicted octanol–water partition coefficient (Wildman–Crippen LogP) is 3.40. The van der Waals surface area contributed by atoms with E-state index in [2.05, 4.69) is 15.2 Å². The van der Waals surface area contributed by atoms with E-state index in [0.717, 1.165) is 18.9 Å². The second kappa shape index (κ2) is 8.67. The van der Waals surface area contributed by atoms with Crippen molar-refractivity contribution in [2.75, 3.05) is 36.5 Å². The van der Waals surface area contributed by atoms with Crippen LogP contribution in [-0.4, -0.2) is 43.0 Å². The fourth-order valence-electron chi connectivity index (χ4n) is 3.17. The van der Waals surface area contributed by atoms with Gasteiger partial charge in [0.1, 0.15) is 5.82 Å². The molecule has 1 amide bonds. The van der Waals surface area contributed by atoms with Gasteiger partial charge in [0.05, 0.1) is 25.1 Å². The van der Waals surface area contributed by atoms with Gasteiger partial charge in [-0.05, 0) is 24.3 Å². The zero-order valence-corrected chi connectivity index (χ0v) is 15.9. The van der Waals surface area contributed by atoms with Crippen molar-refractivity contribution in [3.8, 4) is 0 Å².